The number of rotatable bonds is 8. The van der Waals surface area contributed by atoms with Gasteiger partial charge in [-0.1, -0.05) is 17.8 Å². The Kier molecular flexibility index (Phi) is 7.32. The van der Waals surface area contributed by atoms with E-state index in [1.54, 1.807) is 12.0 Å². The second-order valence-electron chi connectivity index (χ2n) is 7.10. The summed E-state index contributed by atoms with van der Waals surface area (Å²) in [7, 11) is 3.50. The SMILES string of the molecule is COc1ccc(-c2nnc(SCC(=O)N(CCC#N)c3ccc(C)c(C)c3)n2C)cc1. The van der Waals surface area contributed by atoms with Gasteiger partial charge in [0, 0.05) is 24.8 Å². The van der Waals surface area contributed by atoms with Gasteiger partial charge in [-0.25, -0.2) is 0 Å². The molecule has 0 spiro atoms. The Morgan fingerprint density at radius 2 is 1.90 bits per heavy atom. The first kappa shape index (κ1) is 22.4. The number of nitriles is 1. The van der Waals surface area contributed by atoms with Gasteiger partial charge in [0.25, 0.3) is 0 Å². The van der Waals surface area contributed by atoms with E-state index in [1.165, 1.54) is 11.8 Å². The smallest absolute Gasteiger partial charge is 0.237 e. The number of carbonyl (C=O) groups is 1. The predicted octanol–water partition coefficient (Wildman–Crippen LogP) is 4.15. The Morgan fingerprint density at radius 1 is 1.16 bits per heavy atom. The molecular weight excluding hydrogens is 410 g/mol. The van der Waals surface area contributed by atoms with Crippen molar-refractivity contribution in [2.45, 2.75) is 25.4 Å². The number of ether oxygens (including phenoxy) is 1. The number of benzene rings is 2. The van der Waals surface area contributed by atoms with Gasteiger partial charge in [0.15, 0.2) is 11.0 Å². The number of thioether (sulfide) groups is 1. The zero-order valence-corrected chi connectivity index (χ0v) is 18.9. The lowest BCUT2D eigenvalue weighted by Gasteiger charge is -2.22. The molecule has 1 aromatic heterocycles. The summed E-state index contributed by atoms with van der Waals surface area (Å²) in [6.07, 6.45) is 0.273. The van der Waals surface area contributed by atoms with Crippen LogP contribution in [0.25, 0.3) is 11.4 Å². The Hall–Kier alpha value is -3.31. The van der Waals surface area contributed by atoms with Crippen molar-refractivity contribution in [2.24, 2.45) is 7.05 Å². The minimum atomic E-state index is -0.0718. The molecule has 31 heavy (non-hydrogen) atoms. The van der Waals surface area contributed by atoms with Crippen molar-refractivity contribution in [1.82, 2.24) is 14.8 Å². The molecule has 3 rings (SSSR count). The van der Waals surface area contributed by atoms with Crippen molar-refractivity contribution < 1.29 is 9.53 Å². The van der Waals surface area contributed by atoms with Crippen molar-refractivity contribution in [3.05, 3.63) is 53.6 Å². The van der Waals surface area contributed by atoms with Crippen LogP contribution in [0, 0.1) is 25.2 Å². The molecule has 160 valence electrons. The Labute approximate surface area is 186 Å². The number of amides is 1. The molecule has 0 unspecified atom stereocenters. The van der Waals surface area contributed by atoms with Crippen LogP contribution in [0.1, 0.15) is 17.5 Å². The van der Waals surface area contributed by atoms with Gasteiger partial charge in [-0.05, 0) is 61.4 Å². The van der Waals surface area contributed by atoms with Crippen LogP contribution in [0.5, 0.6) is 5.75 Å². The molecule has 3 aromatic rings. The molecule has 0 saturated heterocycles. The van der Waals surface area contributed by atoms with E-state index < -0.39 is 0 Å². The number of aryl methyl sites for hydroxylation is 2. The first-order valence-corrected chi connectivity index (χ1v) is 10.8. The summed E-state index contributed by atoms with van der Waals surface area (Å²) in [5, 5.41) is 18.2. The largest absolute Gasteiger partial charge is 0.497 e. The maximum Gasteiger partial charge on any atom is 0.237 e. The fourth-order valence-corrected chi connectivity index (χ4v) is 3.88. The number of anilines is 1. The van der Waals surface area contributed by atoms with E-state index in [2.05, 4.69) is 16.3 Å². The quantitative estimate of drug-likeness (QED) is 0.494. The molecule has 0 aliphatic carbocycles. The number of hydrogen-bond acceptors (Lipinski definition) is 6. The van der Waals surface area contributed by atoms with E-state index in [-0.39, 0.29) is 18.1 Å². The topological polar surface area (TPSA) is 84.0 Å². The monoisotopic (exact) mass is 435 g/mol. The standard InChI is InChI=1S/C23H25N5O2S/c1-16-6-9-19(14-17(16)2)28(13-5-12-24)21(29)15-31-23-26-25-22(27(23)3)18-7-10-20(30-4)11-8-18/h6-11,14H,5,13,15H2,1-4H3. The summed E-state index contributed by atoms with van der Waals surface area (Å²) in [4.78, 5) is 14.7. The van der Waals surface area contributed by atoms with E-state index >= 15 is 0 Å². The number of nitrogens with zero attached hydrogens (tertiary/aromatic N) is 5. The van der Waals surface area contributed by atoms with Gasteiger partial charge in [-0.15, -0.1) is 10.2 Å². The van der Waals surface area contributed by atoms with E-state index in [9.17, 15) is 4.79 Å². The zero-order chi connectivity index (χ0) is 22.4. The minimum Gasteiger partial charge on any atom is -0.497 e. The number of carbonyl (C=O) groups excluding carboxylic acids is 1. The Bertz CT molecular complexity index is 1100. The van der Waals surface area contributed by atoms with Crippen LogP contribution in [-0.2, 0) is 11.8 Å². The van der Waals surface area contributed by atoms with Crippen molar-refractivity contribution in [3.63, 3.8) is 0 Å². The van der Waals surface area contributed by atoms with Crippen LogP contribution < -0.4 is 9.64 Å². The number of hydrogen-bond donors (Lipinski definition) is 0. The first-order valence-electron chi connectivity index (χ1n) is 9.85. The summed E-state index contributed by atoms with van der Waals surface area (Å²) in [6, 6.07) is 15.6. The highest BCUT2D eigenvalue weighted by Crippen LogP contribution is 2.26. The van der Waals surface area contributed by atoms with Gasteiger partial charge in [0.05, 0.1) is 25.4 Å². The van der Waals surface area contributed by atoms with Gasteiger partial charge >= 0.3 is 0 Å². The second kappa shape index (κ2) is 10.1. The molecular formula is C23H25N5O2S. The molecule has 0 N–H and O–H groups in total. The van der Waals surface area contributed by atoms with Gasteiger partial charge in [-0.3, -0.25) is 4.79 Å². The van der Waals surface area contributed by atoms with Crippen molar-refractivity contribution in [3.8, 4) is 23.2 Å². The average Bonchev–Trinajstić information content (AvgIpc) is 3.15. The van der Waals surface area contributed by atoms with E-state index in [1.807, 2.05) is 67.9 Å². The summed E-state index contributed by atoms with van der Waals surface area (Å²) in [6.45, 7) is 4.40. The molecule has 0 aliphatic heterocycles. The molecule has 8 heteroatoms. The molecule has 0 atom stereocenters. The highest BCUT2D eigenvalue weighted by molar-refractivity contribution is 7.99. The second-order valence-corrected chi connectivity index (χ2v) is 8.05. The summed E-state index contributed by atoms with van der Waals surface area (Å²) >= 11 is 1.33. The van der Waals surface area contributed by atoms with E-state index in [0.29, 0.717) is 17.5 Å². The molecule has 0 saturated carbocycles. The van der Waals surface area contributed by atoms with Gasteiger partial charge < -0.3 is 14.2 Å². The molecule has 1 heterocycles. The van der Waals surface area contributed by atoms with Gasteiger partial charge in [0.1, 0.15) is 5.75 Å². The zero-order valence-electron chi connectivity index (χ0n) is 18.1. The van der Waals surface area contributed by atoms with E-state index in [0.717, 1.165) is 28.1 Å². The number of aromatic nitrogens is 3. The third kappa shape index (κ3) is 5.25. The average molecular weight is 436 g/mol. The van der Waals surface area contributed by atoms with Crippen LogP contribution in [0.15, 0.2) is 47.6 Å². The molecule has 7 nitrogen and oxygen atoms in total. The van der Waals surface area contributed by atoms with E-state index in [4.69, 9.17) is 10.00 Å². The van der Waals surface area contributed by atoms with Crippen LogP contribution in [0.2, 0.25) is 0 Å². The molecule has 1 amide bonds. The minimum absolute atomic E-state index is 0.0718. The summed E-state index contributed by atoms with van der Waals surface area (Å²) < 4.78 is 7.07. The van der Waals surface area contributed by atoms with Crippen LogP contribution in [0.3, 0.4) is 0 Å². The van der Waals surface area contributed by atoms with Crippen molar-refractivity contribution in [2.75, 3.05) is 24.3 Å². The molecule has 0 aliphatic rings. The van der Waals surface area contributed by atoms with Crippen molar-refractivity contribution in [1.29, 1.82) is 5.26 Å². The third-order valence-corrected chi connectivity index (χ3v) is 6.06. The molecule has 0 bridgehead atoms. The van der Waals surface area contributed by atoms with Crippen LogP contribution >= 0.6 is 11.8 Å². The maximum absolute atomic E-state index is 13.0. The number of methoxy groups -OCH3 is 1. The fraction of sp³-hybridized carbons (Fsp3) is 0.304. The summed E-state index contributed by atoms with van der Waals surface area (Å²) in [5.74, 6) is 1.62. The lowest BCUT2D eigenvalue weighted by atomic mass is 10.1. The predicted molar refractivity (Wildman–Crippen MR) is 122 cm³/mol. The lowest BCUT2D eigenvalue weighted by molar-refractivity contribution is -0.116. The van der Waals surface area contributed by atoms with Gasteiger partial charge in [-0.2, -0.15) is 5.26 Å². The highest BCUT2D eigenvalue weighted by Gasteiger charge is 2.19. The molecule has 0 radical (unpaired) electrons. The van der Waals surface area contributed by atoms with Crippen LogP contribution in [-0.4, -0.2) is 40.1 Å². The van der Waals surface area contributed by atoms with Crippen molar-refractivity contribution >= 4 is 23.4 Å². The highest BCUT2D eigenvalue weighted by atomic mass is 32.2. The maximum atomic E-state index is 13.0. The van der Waals surface area contributed by atoms with Crippen LogP contribution in [0.4, 0.5) is 5.69 Å². The molecule has 0 fully saturated rings. The lowest BCUT2D eigenvalue weighted by Crippen LogP contribution is -2.33. The Balaban J connectivity index is 1.73. The summed E-state index contributed by atoms with van der Waals surface area (Å²) in [5.41, 5.74) is 3.99. The first-order chi connectivity index (χ1) is 14.9. The third-order valence-electron chi connectivity index (χ3n) is 5.06. The fourth-order valence-electron chi connectivity index (χ4n) is 3.09. The normalized spacial score (nSPS) is 10.5. The Morgan fingerprint density at radius 3 is 2.55 bits per heavy atom. The van der Waals surface area contributed by atoms with Gasteiger partial charge in [0.2, 0.25) is 5.91 Å². The molecule has 2 aromatic carbocycles.